The molecule has 2 aliphatic heterocycles. The van der Waals surface area contributed by atoms with Gasteiger partial charge in [0.1, 0.15) is 17.0 Å². The summed E-state index contributed by atoms with van der Waals surface area (Å²) in [5, 5.41) is 2.82. The Balaban J connectivity index is 1.77. The van der Waals surface area contributed by atoms with Crippen LogP contribution in [-0.4, -0.2) is 79.4 Å². The highest BCUT2D eigenvalue weighted by atomic mass is 28.4. The molecule has 11 nitrogen and oxygen atoms in total. The molecule has 4 rings (SSSR count). The Morgan fingerprint density at radius 2 is 1.66 bits per heavy atom. The van der Waals surface area contributed by atoms with Crippen molar-refractivity contribution in [2.75, 3.05) is 37.0 Å². The fourth-order valence-electron chi connectivity index (χ4n) is 5.33. The number of carbonyl (C=O) groups is 2. The average molecular weight is 718 g/mol. The number of hydrogen-bond acceptors (Lipinski definition) is 9. The quantitative estimate of drug-likeness (QED) is 0.294. The predicted octanol–water partition coefficient (Wildman–Crippen LogP) is 8.53. The van der Waals surface area contributed by atoms with Crippen LogP contribution >= 0.6 is 0 Å². The Morgan fingerprint density at radius 3 is 2.26 bits per heavy atom. The lowest BCUT2D eigenvalue weighted by molar-refractivity contribution is 0.0195. The Labute approximate surface area is 295 Å². The first-order valence-electron chi connectivity index (χ1n) is 17.0. The molecule has 276 valence electrons. The van der Waals surface area contributed by atoms with Gasteiger partial charge in [-0.15, -0.1) is 0 Å². The number of nitrogens with one attached hydrogen (secondary N) is 1. The van der Waals surface area contributed by atoms with Crippen LogP contribution in [0.1, 0.15) is 85.7 Å². The van der Waals surface area contributed by atoms with Crippen LogP contribution in [0.5, 0.6) is 5.75 Å². The number of anilines is 3. The highest BCUT2D eigenvalue weighted by Gasteiger charge is 2.41. The lowest BCUT2D eigenvalue weighted by Gasteiger charge is -2.40. The van der Waals surface area contributed by atoms with Crippen molar-refractivity contribution in [3.8, 4) is 5.75 Å². The van der Waals surface area contributed by atoms with Crippen LogP contribution in [0.2, 0.25) is 18.1 Å². The molecule has 50 heavy (non-hydrogen) atoms. The average Bonchev–Trinajstić information content (AvgIpc) is 3.31. The standard InChI is InChI=1S/C36H53F2N5O6Si/c1-21-28(37)25(42(11)32(44)47-34(2,3)4)19-26(39-21)41-31-29(38)27(30-24(40-31)15-17-46-30)22-14-16-43(33(45)48-35(5,6)7)20-23(18-22)49-50(12,13)36(8,9)10/h14,19,23H,15-18,20H2,1-13H3,(H,39,40,41)/t23-/m1/s1. The third-order valence-corrected chi connectivity index (χ3v) is 13.3. The largest absolute Gasteiger partial charge is 0.491 e. The molecule has 14 heteroatoms. The van der Waals surface area contributed by atoms with E-state index in [-0.39, 0.29) is 46.7 Å². The molecular weight excluding hydrogens is 665 g/mol. The Kier molecular flexibility index (Phi) is 11.0. The Hall–Kier alpha value is -3.78. The molecule has 2 aromatic rings. The highest BCUT2D eigenvalue weighted by Crippen LogP contribution is 2.43. The van der Waals surface area contributed by atoms with E-state index in [1.807, 2.05) is 26.8 Å². The van der Waals surface area contributed by atoms with E-state index in [2.05, 4.69) is 49.1 Å². The second-order valence-electron chi connectivity index (χ2n) is 16.4. The van der Waals surface area contributed by atoms with Crippen LogP contribution in [0.3, 0.4) is 0 Å². The van der Waals surface area contributed by atoms with Gasteiger partial charge in [0.2, 0.25) is 0 Å². The number of ether oxygens (including phenoxy) is 3. The third kappa shape index (κ3) is 9.11. The Bertz CT molecular complexity index is 1660. The van der Waals surface area contributed by atoms with Gasteiger partial charge in [-0.05, 0) is 78.6 Å². The number of aromatic nitrogens is 2. The molecular formula is C36H53F2N5O6Si. The van der Waals surface area contributed by atoms with Gasteiger partial charge in [-0.25, -0.2) is 28.3 Å². The van der Waals surface area contributed by atoms with Crippen LogP contribution in [0, 0.1) is 18.6 Å². The van der Waals surface area contributed by atoms with Crippen molar-refractivity contribution >= 4 is 43.4 Å². The minimum absolute atomic E-state index is 0.00938. The number of halogens is 2. The van der Waals surface area contributed by atoms with Gasteiger partial charge >= 0.3 is 12.2 Å². The van der Waals surface area contributed by atoms with E-state index in [4.69, 9.17) is 18.6 Å². The summed E-state index contributed by atoms with van der Waals surface area (Å²) in [5.41, 5.74) is -0.240. The molecule has 2 aliphatic rings. The lowest BCUT2D eigenvalue weighted by Crippen LogP contribution is -2.48. The van der Waals surface area contributed by atoms with Crippen LogP contribution in [-0.2, 0) is 20.3 Å². The van der Waals surface area contributed by atoms with Crippen molar-refractivity contribution in [3.63, 3.8) is 0 Å². The SMILES string of the molecule is Cc1nc(Nc2nc3c(c(C4=CCN(C(=O)OC(C)(C)C)C[C@H](O[Si](C)(C)C(C)(C)C)C4)c2F)OCC3)cc(N(C)C(=O)OC(C)(C)C)c1F. The van der Waals surface area contributed by atoms with E-state index in [9.17, 15) is 9.59 Å². The van der Waals surface area contributed by atoms with Crippen molar-refractivity contribution in [3.05, 3.63) is 40.7 Å². The van der Waals surface area contributed by atoms with E-state index in [0.29, 0.717) is 36.5 Å². The van der Waals surface area contributed by atoms with Gasteiger partial charge in [0.15, 0.2) is 31.5 Å². The minimum Gasteiger partial charge on any atom is -0.491 e. The maximum absolute atomic E-state index is 16.8. The maximum atomic E-state index is 16.8. The number of amides is 2. The van der Waals surface area contributed by atoms with Crippen molar-refractivity contribution in [1.29, 1.82) is 0 Å². The summed E-state index contributed by atoms with van der Waals surface area (Å²) in [6.07, 6.45) is 0.872. The van der Waals surface area contributed by atoms with Gasteiger partial charge in [0, 0.05) is 32.6 Å². The summed E-state index contributed by atoms with van der Waals surface area (Å²) >= 11 is 0. The first-order valence-corrected chi connectivity index (χ1v) is 19.9. The fourth-order valence-corrected chi connectivity index (χ4v) is 6.67. The molecule has 0 fully saturated rings. The maximum Gasteiger partial charge on any atom is 0.414 e. The molecule has 0 spiro atoms. The molecule has 4 heterocycles. The lowest BCUT2D eigenvalue weighted by atomic mass is 9.98. The van der Waals surface area contributed by atoms with Gasteiger partial charge in [-0.2, -0.15) is 0 Å². The second-order valence-corrected chi connectivity index (χ2v) is 21.2. The van der Waals surface area contributed by atoms with Gasteiger partial charge in [-0.3, -0.25) is 4.90 Å². The monoisotopic (exact) mass is 717 g/mol. The third-order valence-electron chi connectivity index (χ3n) is 8.80. The number of pyridine rings is 2. The normalized spacial score (nSPS) is 17.0. The van der Waals surface area contributed by atoms with Crippen LogP contribution < -0.4 is 15.0 Å². The van der Waals surface area contributed by atoms with E-state index in [1.54, 1.807) is 25.7 Å². The van der Waals surface area contributed by atoms with E-state index < -0.39 is 49.4 Å². The molecule has 1 N–H and O–H groups in total. The first kappa shape index (κ1) is 39.0. The molecule has 0 unspecified atom stereocenters. The van der Waals surface area contributed by atoms with Gasteiger partial charge < -0.3 is 28.9 Å². The smallest absolute Gasteiger partial charge is 0.414 e. The number of aryl methyl sites for hydroxylation is 1. The summed E-state index contributed by atoms with van der Waals surface area (Å²) in [6.45, 7) is 23.5. The molecule has 0 aromatic carbocycles. The van der Waals surface area contributed by atoms with Gasteiger partial charge in [0.05, 0.1) is 35.3 Å². The highest BCUT2D eigenvalue weighted by molar-refractivity contribution is 6.74. The van der Waals surface area contributed by atoms with Crippen molar-refractivity contribution in [2.45, 2.75) is 118 Å². The summed E-state index contributed by atoms with van der Waals surface area (Å²) in [4.78, 5) is 37.6. The predicted molar refractivity (Wildman–Crippen MR) is 193 cm³/mol. The summed E-state index contributed by atoms with van der Waals surface area (Å²) in [6, 6.07) is 1.31. The first-order chi connectivity index (χ1) is 22.9. The van der Waals surface area contributed by atoms with Crippen LogP contribution in [0.4, 0.5) is 35.7 Å². The topological polar surface area (TPSA) is 115 Å². The van der Waals surface area contributed by atoms with Gasteiger partial charge in [-0.1, -0.05) is 26.8 Å². The number of hydrogen-bond donors (Lipinski definition) is 1. The molecule has 2 aromatic heterocycles. The summed E-state index contributed by atoms with van der Waals surface area (Å²) < 4.78 is 56.1. The molecule has 0 radical (unpaired) electrons. The zero-order chi connectivity index (χ0) is 37.6. The molecule has 0 saturated carbocycles. The second kappa shape index (κ2) is 14.1. The van der Waals surface area contributed by atoms with Crippen LogP contribution in [0.15, 0.2) is 12.1 Å². The molecule has 2 amide bonds. The van der Waals surface area contributed by atoms with Crippen molar-refractivity contribution < 1.29 is 37.0 Å². The number of nitrogens with zero attached hydrogens (tertiary/aromatic N) is 4. The minimum atomic E-state index is -2.33. The van der Waals surface area contributed by atoms with Crippen LogP contribution in [0.25, 0.3) is 5.57 Å². The zero-order valence-corrected chi connectivity index (χ0v) is 32.8. The molecule has 0 saturated heterocycles. The number of fused-ring (bicyclic) bond motifs is 1. The van der Waals surface area contributed by atoms with E-state index in [0.717, 1.165) is 4.90 Å². The molecule has 1 atom stereocenters. The zero-order valence-electron chi connectivity index (χ0n) is 31.8. The molecule has 0 bridgehead atoms. The van der Waals surface area contributed by atoms with E-state index in [1.165, 1.54) is 20.0 Å². The van der Waals surface area contributed by atoms with E-state index >= 15 is 8.78 Å². The van der Waals surface area contributed by atoms with Crippen molar-refractivity contribution in [1.82, 2.24) is 14.9 Å². The number of rotatable bonds is 6. The Morgan fingerprint density at radius 1 is 1.02 bits per heavy atom. The summed E-state index contributed by atoms with van der Waals surface area (Å²) in [7, 11) is -0.941. The summed E-state index contributed by atoms with van der Waals surface area (Å²) in [5.74, 6) is -1.13. The van der Waals surface area contributed by atoms with Crippen molar-refractivity contribution in [2.24, 2.45) is 0 Å². The molecule has 0 aliphatic carbocycles. The fraction of sp³-hybridized carbons (Fsp3) is 0.611. The number of carbonyl (C=O) groups excluding carboxylic acids is 2. The van der Waals surface area contributed by atoms with Gasteiger partial charge in [0.25, 0.3) is 0 Å².